The zero-order chi connectivity index (χ0) is 9.84. The average Bonchev–Trinajstić information content (AvgIpc) is 2.10. The van der Waals surface area contributed by atoms with Crippen molar-refractivity contribution in [3.05, 3.63) is 33.8 Å². The second-order valence-corrected chi connectivity index (χ2v) is 3.42. The molecule has 1 N–H and O–H groups in total. The molecule has 0 saturated carbocycles. The number of halogens is 3. The van der Waals surface area contributed by atoms with Gasteiger partial charge in [0.1, 0.15) is 5.71 Å². The summed E-state index contributed by atoms with van der Waals surface area (Å²) in [6, 6.07) is 4.87. The van der Waals surface area contributed by atoms with E-state index in [0.29, 0.717) is 21.3 Å². The third-order valence-corrected chi connectivity index (χ3v) is 2.29. The van der Waals surface area contributed by atoms with Crippen molar-refractivity contribution in [2.45, 2.75) is 0 Å². The highest BCUT2D eigenvalue weighted by molar-refractivity contribution is 6.39. The van der Waals surface area contributed by atoms with E-state index in [1.807, 2.05) is 0 Å². The van der Waals surface area contributed by atoms with E-state index in [-0.39, 0.29) is 5.88 Å². The topological polar surface area (TPSA) is 32.6 Å². The fourth-order valence-corrected chi connectivity index (χ4v) is 1.59. The molecule has 0 bridgehead atoms. The van der Waals surface area contributed by atoms with Crippen LogP contribution in [0.1, 0.15) is 5.56 Å². The van der Waals surface area contributed by atoms with Gasteiger partial charge in [-0.3, -0.25) is 0 Å². The first-order valence-electron chi connectivity index (χ1n) is 3.41. The van der Waals surface area contributed by atoms with Crippen molar-refractivity contribution in [2.24, 2.45) is 5.16 Å². The summed E-state index contributed by atoms with van der Waals surface area (Å²) in [4.78, 5) is 0. The Morgan fingerprint density at radius 2 is 2.08 bits per heavy atom. The van der Waals surface area contributed by atoms with Gasteiger partial charge in [0.05, 0.1) is 10.9 Å². The lowest BCUT2D eigenvalue weighted by atomic mass is 10.1. The Bertz CT molecular complexity index is 338. The first kappa shape index (κ1) is 10.6. The summed E-state index contributed by atoms with van der Waals surface area (Å²) in [7, 11) is 0. The highest BCUT2D eigenvalue weighted by atomic mass is 35.5. The molecule has 2 nitrogen and oxygen atoms in total. The number of oxime groups is 1. The van der Waals surface area contributed by atoms with Gasteiger partial charge in [-0.25, -0.2) is 0 Å². The van der Waals surface area contributed by atoms with Crippen LogP contribution in [-0.4, -0.2) is 16.8 Å². The minimum Gasteiger partial charge on any atom is -0.411 e. The summed E-state index contributed by atoms with van der Waals surface area (Å²) in [6.07, 6.45) is 0. The molecule has 0 aliphatic rings. The number of benzene rings is 1. The predicted molar refractivity (Wildman–Crippen MR) is 55.5 cm³/mol. The molecule has 1 aromatic carbocycles. The normalized spacial score (nSPS) is 11.8. The van der Waals surface area contributed by atoms with Gasteiger partial charge in [0, 0.05) is 10.6 Å². The molecule has 0 aliphatic carbocycles. The van der Waals surface area contributed by atoms with Gasteiger partial charge in [0.2, 0.25) is 0 Å². The molecule has 0 radical (unpaired) electrons. The largest absolute Gasteiger partial charge is 0.411 e. The summed E-state index contributed by atoms with van der Waals surface area (Å²) in [5.41, 5.74) is 0.909. The molecule has 0 saturated heterocycles. The predicted octanol–water partition coefficient (Wildman–Crippen LogP) is 3.41. The molecule has 0 unspecified atom stereocenters. The fourth-order valence-electron chi connectivity index (χ4n) is 0.876. The van der Waals surface area contributed by atoms with Gasteiger partial charge < -0.3 is 5.21 Å². The number of rotatable bonds is 2. The van der Waals surface area contributed by atoms with Gasteiger partial charge in [0.25, 0.3) is 0 Å². The Kier molecular flexibility index (Phi) is 3.85. The van der Waals surface area contributed by atoms with Gasteiger partial charge >= 0.3 is 0 Å². The zero-order valence-corrected chi connectivity index (χ0v) is 8.74. The van der Waals surface area contributed by atoms with Crippen LogP contribution in [0.5, 0.6) is 0 Å². The minimum atomic E-state index is 0.0951. The van der Waals surface area contributed by atoms with Crippen LogP contribution in [-0.2, 0) is 0 Å². The van der Waals surface area contributed by atoms with Crippen molar-refractivity contribution in [3.63, 3.8) is 0 Å². The summed E-state index contributed by atoms with van der Waals surface area (Å²) in [5, 5.41) is 12.6. The molecule has 70 valence electrons. The standard InChI is InChI=1S/C8H6Cl3NO/c9-4-8(12-13)6-2-1-5(10)3-7(6)11/h1-3,13H,4H2. The van der Waals surface area contributed by atoms with E-state index in [9.17, 15) is 0 Å². The van der Waals surface area contributed by atoms with Crippen molar-refractivity contribution in [3.8, 4) is 0 Å². The van der Waals surface area contributed by atoms with Gasteiger partial charge in [-0.2, -0.15) is 0 Å². The number of alkyl halides is 1. The first-order valence-corrected chi connectivity index (χ1v) is 4.70. The molecule has 1 aromatic rings. The van der Waals surface area contributed by atoms with Crippen LogP contribution in [0.4, 0.5) is 0 Å². The average molecular weight is 239 g/mol. The molecule has 0 amide bonds. The van der Waals surface area contributed by atoms with Crippen molar-refractivity contribution in [2.75, 3.05) is 5.88 Å². The van der Waals surface area contributed by atoms with Crippen LogP contribution in [0.3, 0.4) is 0 Å². The van der Waals surface area contributed by atoms with Crippen LogP contribution in [0.2, 0.25) is 10.0 Å². The van der Waals surface area contributed by atoms with E-state index in [1.165, 1.54) is 0 Å². The maximum absolute atomic E-state index is 8.59. The van der Waals surface area contributed by atoms with E-state index in [0.717, 1.165) is 0 Å². The Morgan fingerprint density at radius 1 is 1.38 bits per heavy atom. The summed E-state index contributed by atoms with van der Waals surface area (Å²) in [5.74, 6) is 0.0951. The fraction of sp³-hybridized carbons (Fsp3) is 0.125. The van der Waals surface area contributed by atoms with Crippen LogP contribution in [0.25, 0.3) is 0 Å². The maximum Gasteiger partial charge on any atom is 0.103 e. The molecule has 0 heterocycles. The Hall–Kier alpha value is -0.440. The molecule has 5 heteroatoms. The lowest BCUT2D eigenvalue weighted by Gasteiger charge is -2.03. The molecule has 0 fully saturated rings. The molecule has 1 rings (SSSR count). The van der Waals surface area contributed by atoms with Gasteiger partial charge in [-0.1, -0.05) is 34.4 Å². The van der Waals surface area contributed by atoms with Gasteiger partial charge in [0.15, 0.2) is 0 Å². The molecular formula is C8H6Cl3NO. The van der Waals surface area contributed by atoms with E-state index < -0.39 is 0 Å². The highest BCUT2D eigenvalue weighted by Crippen LogP contribution is 2.21. The van der Waals surface area contributed by atoms with E-state index in [4.69, 9.17) is 40.0 Å². The Balaban J connectivity index is 3.15. The Morgan fingerprint density at radius 3 is 2.54 bits per heavy atom. The second-order valence-electron chi connectivity index (χ2n) is 2.30. The molecule has 13 heavy (non-hydrogen) atoms. The highest BCUT2D eigenvalue weighted by Gasteiger charge is 2.07. The van der Waals surface area contributed by atoms with Crippen LogP contribution >= 0.6 is 34.8 Å². The van der Waals surface area contributed by atoms with Crippen molar-refractivity contribution in [1.82, 2.24) is 0 Å². The summed E-state index contributed by atoms with van der Waals surface area (Å²) in [6.45, 7) is 0. The Labute approximate surface area is 90.7 Å². The zero-order valence-electron chi connectivity index (χ0n) is 6.47. The number of nitrogens with zero attached hydrogens (tertiary/aromatic N) is 1. The SMILES string of the molecule is ON=C(CCl)c1ccc(Cl)cc1Cl. The summed E-state index contributed by atoms with van der Waals surface area (Å²) < 4.78 is 0. The number of hydrogen-bond donors (Lipinski definition) is 1. The smallest absolute Gasteiger partial charge is 0.103 e. The molecule has 0 aliphatic heterocycles. The van der Waals surface area contributed by atoms with Crippen molar-refractivity contribution in [1.29, 1.82) is 0 Å². The molecule has 0 aromatic heterocycles. The lowest BCUT2D eigenvalue weighted by Crippen LogP contribution is -2.03. The second kappa shape index (κ2) is 4.70. The molecule has 0 spiro atoms. The van der Waals surface area contributed by atoms with Crippen molar-refractivity contribution < 1.29 is 5.21 Å². The maximum atomic E-state index is 8.59. The molecular weight excluding hydrogens is 232 g/mol. The van der Waals surface area contributed by atoms with Crippen LogP contribution < -0.4 is 0 Å². The minimum absolute atomic E-state index is 0.0951. The molecule has 0 atom stereocenters. The first-order chi connectivity index (χ1) is 6.19. The van der Waals surface area contributed by atoms with Gasteiger partial charge in [-0.15, -0.1) is 11.6 Å². The lowest BCUT2D eigenvalue weighted by molar-refractivity contribution is 0.319. The quantitative estimate of drug-likeness (QED) is 0.364. The van der Waals surface area contributed by atoms with E-state index in [2.05, 4.69) is 5.16 Å². The third kappa shape index (κ3) is 2.50. The van der Waals surface area contributed by atoms with E-state index in [1.54, 1.807) is 18.2 Å². The van der Waals surface area contributed by atoms with E-state index >= 15 is 0 Å². The van der Waals surface area contributed by atoms with Gasteiger partial charge in [-0.05, 0) is 12.1 Å². The third-order valence-electron chi connectivity index (χ3n) is 1.49. The van der Waals surface area contributed by atoms with Crippen molar-refractivity contribution >= 4 is 40.5 Å². The van der Waals surface area contributed by atoms with Crippen LogP contribution in [0.15, 0.2) is 23.4 Å². The summed E-state index contributed by atoms with van der Waals surface area (Å²) >= 11 is 17.1. The number of hydrogen-bond acceptors (Lipinski definition) is 2. The van der Waals surface area contributed by atoms with Crippen LogP contribution in [0, 0.1) is 0 Å². The monoisotopic (exact) mass is 237 g/mol.